The van der Waals surface area contributed by atoms with Gasteiger partial charge in [0.1, 0.15) is 0 Å². The zero-order valence-electron chi connectivity index (χ0n) is 9.86. The van der Waals surface area contributed by atoms with Crippen LogP contribution in [0.1, 0.15) is 31.2 Å². The van der Waals surface area contributed by atoms with Crippen molar-refractivity contribution in [3.8, 4) is 0 Å². The van der Waals surface area contributed by atoms with Crippen LogP contribution in [0.4, 0.5) is 0 Å². The molecule has 0 saturated heterocycles. The molecule has 86 valence electrons. The summed E-state index contributed by atoms with van der Waals surface area (Å²) < 4.78 is 0. The van der Waals surface area contributed by atoms with E-state index in [1.807, 2.05) is 0 Å². The van der Waals surface area contributed by atoms with E-state index in [-0.39, 0.29) is 0 Å². The van der Waals surface area contributed by atoms with E-state index in [0.29, 0.717) is 5.41 Å². The number of benzene rings is 1. The highest BCUT2D eigenvalue weighted by atomic mass is 14.7. The molecule has 1 aromatic carbocycles. The third-order valence-corrected chi connectivity index (χ3v) is 4.91. The fourth-order valence-electron chi connectivity index (χ4n) is 4.10. The lowest BCUT2D eigenvalue weighted by molar-refractivity contribution is 0.171. The number of nitrogens with two attached hydrogens (primary N) is 1. The molecular formula is C15H21N. The Labute approximate surface area is 98.0 Å². The Bertz CT molecular complexity index is 359. The Hall–Kier alpha value is -0.820. The highest BCUT2D eigenvalue weighted by molar-refractivity contribution is 5.18. The van der Waals surface area contributed by atoms with Gasteiger partial charge in [0.2, 0.25) is 0 Å². The molecule has 0 aromatic heterocycles. The standard InChI is InChI=1S/C15H21N/c16-11-15(9-12-4-2-1-3-5-12)10-13-6-7-14(15)8-13/h1-5,13-14H,6-11,16H2. The van der Waals surface area contributed by atoms with Crippen molar-refractivity contribution in [3.63, 3.8) is 0 Å². The molecule has 2 bridgehead atoms. The number of hydrogen-bond acceptors (Lipinski definition) is 1. The summed E-state index contributed by atoms with van der Waals surface area (Å²) in [5.41, 5.74) is 8.01. The van der Waals surface area contributed by atoms with Crippen molar-refractivity contribution in [3.05, 3.63) is 35.9 Å². The Kier molecular flexibility index (Phi) is 2.51. The molecule has 3 rings (SSSR count). The summed E-state index contributed by atoms with van der Waals surface area (Å²) in [6.07, 6.45) is 6.91. The van der Waals surface area contributed by atoms with E-state index >= 15 is 0 Å². The SMILES string of the molecule is NCC1(Cc2ccccc2)CC2CCC1C2. The van der Waals surface area contributed by atoms with Crippen LogP contribution in [0.5, 0.6) is 0 Å². The fraction of sp³-hybridized carbons (Fsp3) is 0.600. The quantitative estimate of drug-likeness (QED) is 0.824. The molecule has 0 radical (unpaired) electrons. The van der Waals surface area contributed by atoms with Crippen molar-refractivity contribution in [1.29, 1.82) is 0 Å². The van der Waals surface area contributed by atoms with Crippen LogP contribution in [0.15, 0.2) is 30.3 Å². The smallest absolute Gasteiger partial charge is 0.00146 e. The first-order valence-electron chi connectivity index (χ1n) is 6.56. The summed E-state index contributed by atoms with van der Waals surface area (Å²) >= 11 is 0. The Morgan fingerprint density at radius 3 is 2.56 bits per heavy atom. The molecule has 3 unspecified atom stereocenters. The minimum absolute atomic E-state index is 0.435. The van der Waals surface area contributed by atoms with Gasteiger partial charge in [-0.05, 0) is 55.0 Å². The number of fused-ring (bicyclic) bond motifs is 2. The van der Waals surface area contributed by atoms with Gasteiger partial charge in [0.05, 0.1) is 0 Å². The van der Waals surface area contributed by atoms with Crippen LogP contribution in [0, 0.1) is 17.3 Å². The minimum Gasteiger partial charge on any atom is -0.330 e. The lowest BCUT2D eigenvalue weighted by Crippen LogP contribution is -2.37. The molecule has 0 aliphatic heterocycles. The molecule has 1 nitrogen and oxygen atoms in total. The summed E-state index contributed by atoms with van der Waals surface area (Å²) in [7, 11) is 0. The summed E-state index contributed by atoms with van der Waals surface area (Å²) in [6.45, 7) is 0.878. The van der Waals surface area contributed by atoms with Gasteiger partial charge < -0.3 is 5.73 Å². The van der Waals surface area contributed by atoms with Crippen LogP contribution in [0.2, 0.25) is 0 Å². The first-order valence-corrected chi connectivity index (χ1v) is 6.56. The summed E-state index contributed by atoms with van der Waals surface area (Å²) in [6, 6.07) is 10.9. The second-order valence-electron chi connectivity index (χ2n) is 5.81. The van der Waals surface area contributed by atoms with Gasteiger partial charge in [-0.3, -0.25) is 0 Å². The van der Waals surface area contributed by atoms with Gasteiger partial charge >= 0.3 is 0 Å². The van der Waals surface area contributed by atoms with Crippen LogP contribution in [-0.4, -0.2) is 6.54 Å². The lowest BCUT2D eigenvalue weighted by Gasteiger charge is -2.37. The second-order valence-corrected chi connectivity index (χ2v) is 5.81. The van der Waals surface area contributed by atoms with Gasteiger partial charge in [-0.15, -0.1) is 0 Å². The first kappa shape index (κ1) is 10.3. The molecule has 2 saturated carbocycles. The van der Waals surface area contributed by atoms with Gasteiger partial charge in [-0.1, -0.05) is 36.8 Å². The van der Waals surface area contributed by atoms with Gasteiger partial charge in [-0.2, -0.15) is 0 Å². The second kappa shape index (κ2) is 3.89. The molecule has 2 aliphatic carbocycles. The molecule has 1 aromatic rings. The average molecular weight is 215 g/mol. The van der Waals surface area contributed by atoms with E-state index < -0.39 is 0 Å². The van der Waals surface area contributed by atoms with Crippen LogP contribution in [0.25, 0.3) is 0 Å². The normalized spacial score (nSPS) is 36.8. The van der Waals surface area contributed by atoms with Crippen molar-refractivity contribution in [2.75, 3.05) is 6.54 Å². The molecule has 1 heteroatoms. The van der Waals surface area contributed by atoms with E-state index in [1.54, 1.807) is 0 Å². The third kappa shape index (κ3) is 1.58. The van der Waals surface area contributed by atoms with E-state index in [0.717, 1.165) is 18.4 Å². The van der Waals surface area contributed by atoms with E-state index in [9.17, 15) is 0 Å². The molecular weight excluding hydrogens is 194 g/mol. The summed E-state index contributed by atoms with van der Waals surface area (Å²) in [4.78, 5) is 0. The van der Waals surface area contributed by atoms with Gasteiger partial charge in [-0.25, -0.2) is 0 Å². The van der Waals surface area contributed by atoms with Crippen LogP contribution >= 0.6 is 0 Å². The summed E-state index contributed by atoms with van der Waals surface area (Å²) in [5.74, 6) is 1.89. The topological polar surface area (TPSA) is 26.0 Å². The Balaban J connectivity index is 1.82. The van der Waals surface area contributed by atoms with Crippen LogP contribution in [-0.2, 0) is 6.42 Å². The predicted octanol–water partition coefficient (Wildman–Crippen LogP) is 2.99. The fourth-order valence-corrected chi connectivity index (χ4v) is 4.10. The zero-order chi connectivity index (χ0) is 11.0. The number of hydrogen-bond donors (Lipinski definition) is 1. The largest absolute Gasteiger partial charge is 0.330 e. The minimum atomic E-state index is 0.435. The van der Waals surface area contributed by atoms with Crippen molar-refractivity contribution in [2.24, 2.45) is 23.0 Å². The third-order valence-electron chi connectivity index (χ3n) is 4.91. The van der Waals surface area contributed by atoms with Crippen LogP contribution < -0.4 is 5.73 Å². The van der Waals surface area contributed by atoms with Gasteiger partial charge in [0.25, 0.3) is 0 Å². The van der Waals surface area contributed by atoms with Crippen molar-refractivity contribution in [1.82, 2.24) is 0 Å². The van der Waals surface area contributed by atoms with Crippen LogP contribution in [0.3, 0.4) is 0 Å². The highest BCUT2D eigenvalue weighted by Crippen LogP contribution is 2.56. The molecule has 2 N–H and O–H groups in total. The monoisotopic (exact) mass is 215 g/mol. The summed E-state index contributed by atoms with van der Waals surface area (Å²) in [5, 5.41) is 0. The molecule has 2 aliphatic rings. The van der Waals surface area contributed by atoms with Crippen molar-refractivity contribution >= 4 is 0 Å². The number of rotatable bonds is 3. The molecule has 0 spiro atoms. The predicted molar refractivity (Wildman–Crippen MR) is 67.1 cm³/mol. The maximum Gasteiger partial charge on any atom is -0.00146 e. The Morgan fingerprint density at radius 1 is 1.19 bits per heavy atom. The average Bonchev–Trinajstić information content (AvgIpc) is 2.91. The molecule has 3 atom stereocenters. The lowest BCUT2D eigenvalue weighted by atomic mass is 9.69. The van der Waals surface area contributed by atoms with Crippen molar-refractivity contribution < 1.29 is 0 Å². The zero-order valence-corrected chi connectivity index (χ0v) is 9.86. The molecule has 2 fully saturated rings. The first-order chi connectivity index (χ1) is 7.82. The maximum absolute atomic E-state index is 6.10. The van der Waals surface area contributed by atoms with Gasteiger partial charge in [0.15, 0.2) is 0 Å². The van der Waals surface area contributed by atoms with Crippen molar-refractivity contribution in [2.45, 2.75) is 32.1 Å². The molecule has 16 heavy (non-hydrogen) atoms. The Morgan fingerprint density at radius 2 is 2.00 bits per heavy atom. The molecule has 0 amide bonds. The highest BCUT2D eigenvalue weighted by Gasteiger charge is 2.49. The van der Waals surface area contributed by atoms with E-state index in [1.165, 1.54) is 37.7 Å². The van der Waals surface area contributed by atoms with E-state index in [4.69, 9.17) is 5.73 Å². The van der Waals surface area contributed by atoms with E-state index in [2.05, 4.69) is 30.3 Å². The molecule has 0 heterocycles. The maximum atomic E-state index is 6.10. The van der Waals surface area contributed by atoms with Gasteiger partial charge in [0, 0.05) is 0 Å².